The fourth-order valence-corrected chi connectivity index (χ4v) is 8.70. The van der Waals surface area contributed by atoms with Crippen molar-refractivity contribution in [3.8, 4) is 0 Å². The van der Waals surface area contributed by atoms with Crippen molar-refractivity contribution in [2.45, 2.75) is 77.5 Å². The third-order valence-corrected chi connectivity index (χ3v) is 10.4. The Hall–Kier alpha value is -2.03. The standard InChI is InChI=1S/C27H36O8/c1-13-8-16(32-6)23(30)25(4)15(13)10-19-26(5)18(11-20(28)34-19)24(3,12-17(33-7)22(25)26)27(31)14(2)9-21(29)35-27/h11,14-17,19,22,31H,1,8-10,12H2,2-7H3. The number of methoxy groups -OCH3 is 2. The highest BCUT2D eigenvalue weighted by atomic mass is 16.7. The second kappa shape index (κ2) is 7.49. The first-order valence-electron chi connectivity index (χ1n) is 12.4. The molecule has 192 valence electrons. The van der Waals surface area contributed by atoms with Gasteiger partial charge >= 0.3 is 11.9 Å². The minimum absolute atomic E-state index is 0.00310. The number of esters is 2. The van der Waals surface area contributed by atoms with Gasteiger partial charge in [-0.3, -0.25) is 9.59 Å². The third-order valence-electron chi connectivity index (χ3n) is 10.4. The van der Waals surface area contributed by atoms with Crippen molar-refractivity contribution in [1.29, 1.82) is 0 Å². The number of cyclic esters (lactones) is 1. The predicted molar refractivity (Wildman–Crippen MR) is 124 cm³/mol. The summed E-state index contributed by atoms with van der Waals surface area (Å²) in [5.41, 5.74) is -1.28. The van der Waals surface area contributed by atoms with Crippen LogP contribution in [0.15, 0.2) is 23.8 Å². The molecule has 1 N–H and O–H groups in total. The lowest BCUT2D eigenvalue weighted by molar-refractivity contribution is -0.282. The monoisotopic (exact) mass is 488 g/mol. The van der Waals surface area contributed by atoms with Crippen LogP contribution in [-0.4, -0.2) is 61.1 Å². The van der Waals surface area contributed by atoms with Crippen LogP contribution in [0.25, 0.3) is 0 Å². The number of aliphatic hydroxyl groups is 1. The molecule has 1 saturated heterocycles. The second-order valence-corrected chi connectivity index (χ2v) is 11.9. The van der Waals surface area contributed by atoms with Crippen LogP contribution in [0.5, 0.6) is 0 Å². The average Bonchev–Trinajstić information content (AvgIpc) is 3.06. The van der Waals surface area contributed by atoms with E-state index < -0.39 is 58.2 Å². The molecule has 3 aliphatic carbocycles. The number of hydrogen-bond donors (Lipinski definition) is 1. The maximum atomic E-state index is 14.0. The van der Waals surface area contributed by atoms with Gasteiger partial charge in [0.1, 0.15) is 12.2 Å². The molecule has 2 aliphatic heterocycles. The van der Waals surface area contributed by atoms with Crippen molar-refractivity contribution >= 4 is 17.7 Å². The van der Waals surface area contributed by atoms with Crippen molar-refractivity contribution < 1.29 is 38.4 Å². The van der Waals surface area contributed by atoms with E-state index in [1.165, 1.54) is 13.2 Å². The number of fused-ring (bicyclic) bond motifs is 2. The highest BCUT2D eigenvalue weighted by Gasteiger charge is 2.75. The molecule has 5 aliphatic rings. The van der Waals surface area contributed by atoms with E-state index in [2.05, 4.69) is 6.58 Å². The van der Waals surface area contributed by atoms with E-state index in [1.807, 2.05) is 20.8 Å². The normalized spacial score (nSPS) is 51.2. The van der Waals surface area contributed by atoms with Gasteiger partial charge in [-0.2, -0.15) is 0 Å². The molecule has 8 heteroatoms. The first-order valence-corrected chi connectivity index (χ1v) is 12.4. The molecule has 3 saturated carbocycles. The van der Waals surface area contributed by atoms with E-state index in [0.29, 0.717) is 18.4 Å². The molecule has 5 rings (SSSR count). The molecule has 0 bridgehead atoms. The molecule has 0 aromatic heterocycles. The Kier molecular flexibility index (Phi) is 5.28. The largest absolute Gasteiger partial charge is 0.458 e. The molecule has 0 amide bonds. The fourth-order valence-electron chi connectivity index (χ4n) is 8.70. The van der Waals surface area contributed by atoms with Gasteiger partial charge in [-0.05, 0) is 31.3 Å². The van der Waals surface area contributed by atoms with Crippen LogP contribution in [0, 0.1) is 34.0 Å². The molecule has 0 aromatic rings. The van der Waals surface area contributed by atoms with Crippen LogP contribution >= 0.6 is 0 Å². The highest BCUT2D eigenvalue weighted by molar-refractivity contribution is 5.92. The van der Waals surface area contributed by atoms with Crippen LogP contribution in [-0.2, 0) is 33.3 Å². The minimum Gasteiger partial charge on any atom is -0.458 e. The van der Waals surface area contributed by atoms with Crippen molar-refractivity contribution in [2.24, 2.45) is 34.0 Å². The quantitative estimate of drug-likeness (QED) is 0.477. The van der Waals surface area contributed by atoms with E-state index >= 15 is 0 Å². The number of carbonyl (C=O) groups excluding carboxylic acids is 3. The number of ketones is 1. The van der Waals surface area contributed by atoms with Crippen molar-refractivity contribution in [2.75, 3.05) is 14.2 Å². The van der Waals surface area contributed by atoms with Gasteiger partial charge in [0.15, 0.2) is 5.78 Å². The lowest BCUT2D eigenvalue weighted by Gasteiger charge is -2.68. The maximum Gasteiger partial charge on any atom is 0.331 e. The first kappa shape index (κ1) is 24.7. The molecule has 0 radical (unpaired) electrons. The number of hydrogen-bond acceptors (Lipinski definition) is 8. The summed E-state index contributed by atoms with van der Waals surface area (Å²) in [6.07, 6.45) is 1.03. The van der Waals surface area contributed by atoms with Crippen LogP contribution in [0.1, 0.15) is 53.4 Å². The van der Waals surface area contributed by atoms with Gasteiger partial charge in [0.05, 0.1) is 17.9 Å². The summed E-state index contributed by atoms with van der Waals surface area (Å²) < 4.78 is 23.3. The zero-order valence-electron chi connectivity index (χ0n) is 21.4. The average molecular weight is 489 g/mol. The Labute approximate surface area is 206 Å². The summed E-state index contributed by atoms with van der Waals surface area (Å²) in [5.74, 6) is -3.86. The van der Waals surface area contributed by atoms with E-state index in [1.54, 1.807) is 14.0 Å². The van der Waals surface area contributed by atoms with Crippen molar-refractivity contribution in [1.82, 2.24) is 0 Å². The molecule has 4 fully saturated rings. The highest BCUT2D eigenvalue weighted by Crippen LogP contribution is 2.72. The van der Waals surface area contributed by atoms with Gasteiger partial charge < -0.3 is 24.1 Å². The Balaban J connectivity index is 1.75. The Bertz CT molecular complexity index is 1050. The lowest BCUT2D eigenvalue weighted by atomic mass is 9.37. The number of ether oxygens (including phenoxy) is 4. The minimum atomic E-state index is -1.82. The second-order valence-electron chi connectivity index (χ2n) is 11.9. The van der Waals surface area contributed by atoms with Gasteiger partial charge in [0.2, 0.25) is 5.79 Å². The Morgan fingerprint density at radius 1 is 1.09 bits per heavy atom. The van der Waals surface area contributed by atoms with Gasteiger partial charge in [-0.15, -0.1) is 0 Å². The van der Waals surface area contributed by atoms with Crippen molar-refractivity contribution in [3.63, 3.8) is 0 Å². The molecular formula is C27H36O8. The van der Waals surface area contributed by atoms with Gasteiger partial charge in [-0.1, -0.05) is 32.9 Å². The topological polar surface area (TPSA) is 108 Å². The summed E-state index contributed by atoms with van der Waals surface area (Å²) in [6, 6.07) is 0. The zero-order chi connectivity index (χ0) is 25.7. The van der Waals surface area contributed by atoms with Crippen LogP contribution in [0.3, 0.4) is 0 Å². The Morgan fingerprint density at radius 3 is 2.34 bits per heavy atom. The zero-order valence-corrected chi connectivity index (χ0v) is 21.4. The molecule has 10 unspecified atom stereocenters. The van der Waals surface area contributed by atoms with E-state index in [4.69, 9.17) is 18.9 Å². The Morgan fingerprint density at radius 2 is 1.77 bits per heavy atom. The number of carbonyl (C=O) groups is 3. The summed E-state index contributed by atoms with van der Waals surface area (Å²) in [5, 5.41) is 11.9. The fraction of sp³-hybridized carbons (Fsp3) is 0.741. The molecular weight excluding hydrogens is 452 g/mol. The summed E-state index contributed by atoms with van der Waals surface area (Å²) in [4.78, 5) is 39.2. The van der Waals surface area contributed by atoms with Gasteiger partial charge in [0.25, 0.3) is 0 Å². The van der Waals surface area contributed by atoms with E-state index in [0.717, 1.165) is 5.57 Å². The summed E-state index contributed by atoms with van der Waals surface area (Å²) >= 11 is 0. The van der Waals surface area contributed by atoms with Crippen LogP contribution < -0.4 is 0 Å². The molecule has 35 heavy (non-hydrogen) atoms. The van der Waals surface area contributed by atoms with Gasteiger partial charge in [-0.25, -0.2) is 4.79 Å². The molecule has 10 atom stereocenters. The molecule has 0 spiro atoms. The molecule has 8 nitrogen and oxygen atoms in total. The predicted octanol–water partition coefficient (Wildman–Crippen LogP) is 2.73. The van der Waals surface area contributed by atoms with E-state index in [-0.39, 0.29) is 30.5 Å². The van der Waals surface area contributed by atoms with Crippen LogP contribution in [0.2, 0.25) is 0 Å². The van der Waals surface area contributed by atoms with Crippen LogP contribution in [0.4, 0.5) is 0 Å². The van der Waals surface area contributed by atoms with Gasteiger partial charge in [0, 0.05) is 49.4 Å². The summed E-state index contributed by atoms with van der Waals surface area (Å²) in [6.45, 7) is 11.9. The molecule has 2 heterocycles. The van der Waals surface area contributed by atoms with E-state index in [9.17, 15) is 19.5 Å². The first-order chi connectivity index (χ1) is 16.3. The number of rotatable bonds is 3. The summed E-state index contributed by atoms with van der Waals surface area (Å²) in [7, 11) is 3.14. The SMILES string of the molecule is C=C1CC(OC)C(=O)C2(C)C1CC1OC(=O)C=C3C1(C)C2C(OC)CC3(C)C1(O)OC(=O)CC1C. The number of Topliss-reactive ketones (excluding diaryl/α,β-unsaturated/α-hetero) is 1. The molecule has 0 aromatic carbocycles. The van der Waals surface area contributed by atoms with Crippen molar-refractivity contribution in [3.05, 3.63) is 23.8 Å². The lowest BCUT2D eigenvalue weighted by Crippen LogP contribution is -2.73. The third kappa shape index (κ3) is 2.82. The maximum absolute atomic E-state index is 14.0. The smallest absolute Gasteiger partial charge is 0.331 e.